The fraction of sp³-hybridized carbons (Fsp3) is 1.00. The Labute approximate surface area is 83.3 Å². The third kappa shape index (κ3) is 3.68. The molecule has 78 valence electrons. The highest BCUT2D eigenvalue weighted by Crippen LogP contribution is 2.29. The minimum atomic E-state index is 0.649. The monoisotopic (exact) mass is 183 g/mol. The Hall–Kier alpha value is -0.0400. The van der Waals surface area contributed by atoms with Crippen molar-refractivity contribution in [3.63, 3.8) is 0 Å². The SMILES string of the molecule is CC(C)N[C@@H]1CCC[C@H](C(C)C)C1. The van der Waals surface area contributed by atoms with Gasteiger partial charge in [0.25, 0.3) is 0 Å². The third-order valence-corrected chi connectivity index (χ3v) is 3.23. The van der Waals surface area contributed by atoms with Crippen LogP contribution in [0.3, 0.4) is 0 Å². The minimum Gasteiger partial charge on any atom is -0.312 e. The van der Waals surface area contributed by atoms with Gasteiger partial charge in [0.05, 0.1) is 0 Å². The van der Waals surface area contributed by atoms with Crippen molar-refractivity contribution in [3.05, 3.63) is 0 Å². The second-order valence-electron chi connectivity index (χ2n) is 5.19. The van der Waals surface area contributed by atoms with Crippen LogP contribution < -0.4 is 5.32 Å². The molecule has 0 saturated heterocycles. The Morgan fingerprint density at radius 2 is 1.77 bits per heavy atom. The molecule has 0 aromatic carbocycles. The number of nitrogens with one attached hydrogen (secondary N) is 1. The van der Waals surface area contributed by atoms with Crippen LogP contribution in [0, 0.1) is 11.8 Å². The zero-order valence-corrected chi connectivity index (χ0v) is 9.64. The normalized spacial score (nSPS) is 30.0. The molecule has 13 heavy (non-hydrogen) atoms. The second-order valence-corrected chi connectivity index (χ2v) is 5.19. The maximum atomic E-state index is 3.67. The summed E-state index contributed by atoms with van der Waals surface area (Å²) >= 11 is 0. The van der Waals surface area contributed by atoms with Crippen molar-refractivity contribution in [2.45, 2.75) is 65.5 Å². The number of hydrogen-bond donors (Lipinski definition) is 1. The molecule has 1 heteroatoms. The van der Waals surface area contributed by atoms with Gasteiger partial charge in [0.2, 0.25) is 0 Å². The first-order valence-corrected chi connectivity index (χ1v) is 5.85. The van der Waals surface area contributed by atoms with Gasteiger partial charge in [-0.3, -0.25) is 0 Å². The Kier molecular flexibility index (Phi) is 4.24. The van der Waals surface area contributed by atoms with Gasteiger partial charge in [-0.05, 0) is 24.7 Å². The van der Waals surface area contributed by atoms with Crippen LogP contribution in [0.1, 0.15) is 53.4 Å². The molecular formula is C12H25N. The van der Waals surface area contributed by atoms with Crippen molar-refractivity contribution in [1.82, 2.24) is 5.32 Å². The van der Waals surface area contributed by atoms with E-state index in [0.717, 1.165) is 17.9 Å². The van der Waals surface area contributed by atoms with E-state index < -0.39 is 0 Å². The molecule has 0 bridgehead atoms. The summed E-state index contributed by atoms with van der Waals surface area (Å²) in [5.74, 6) is 1.83. The molecule has 0 aliphatic heterocycles. The van der Waals surface area contributed by atoms with E-state index in [1.165, 1.54) is 25.7 Å². The van der Waals surface area contributed by atoms with Crippen LogP contribution in [0.5, 0.6) is 0 Å². The van der Waals surface area contributed by atoms with E-state index in [1.54, 1.807) is 0 Å². The van der Waals surface area contributed by atoms with Crippen molar-refractivity contribution < 1.29 is 0 Å². The molecule has 1 saturated carbocycles. The molecule has 1 nitrogen and oxygen atoms in total. The summed E-state index contributed by atoms with van der Waals surface area (Å²) < 4.78 is 0. The maximum absolute atomic E-state index is 3.67. The van der Waals surface area contributed by atoms with E-state index in [9.17, 15) is 0 Å². The van der Waals surface area contributed by atoms with E-state index >= 15 is 0 Å². The molecule has 0 aromatic heterocycles. The fourth-order valence-electron chi connectivity index (χ4n) is 2.46. The Balaban J connectivity index is 2.33. The van der Waals surface area contributed by atoms with Gasteiger partial charge in [0, 0.05) is 12.1 Å². The predicted molar refractivity (Wildman–Crippen MR) is 58.9 cm³/mol. The lowest BCUT2D eigenvalue weighted by molar-refractivity contribution is 0.224. The Morgan fingerprint density at radius 3 is 2.31 bits per heavy atom. The Morgan fingerprint density at radius 1 is 1.08 bits per heavy atom. The van der Waals surface area contributed by atoms with Gasteiger partial charge in [0.1, 0.15) is 0 Å². The maximum Gasteiger partial charge on any atom is 0.00721 e. The van der Waals surface area contributed by atoms with E-state index in [0.29, 0.717) is 6.04 Å². The molecule has 0 amide bonds. The summed E-state index contributed by atoms with van der Waals surface area (Å²) in [5, 5.41) is 3.67. The van der Waals surface area contributed by atoms with Crippen LogP contribution in [0.2, 0.25) is 0 Å². The molecule has 1 N–H and O–H groups in total. The van der Waals surface area contributed by atoms with Crippen molar-refractivity contribution in [1.29, 1.82) is 0 Å². The van der Waals surface area contributed by atoms with Crippen molar-refractivity contribution in [2.24, 2.45) is 11.8 Å². The highest BCUT2D eigenvalue weighted by molar-refractivity contribution is 4.80. The van der Waals surface area contributed by atoms with Gasteiger partial charge in [-0.25, -0.2) is 0 Å². The zero-order valence-electron chi connectivity index (χ0n) is 9.64. The van der Waals surface area contributed by atoms with Gasteiger partial charge < -0.3 is 5.32 Å². The van der Waals surface area contributed by atoms with Gasteiger partial charge in [0.15, 0.2) is 0 Å². The van der Waals surface area contributed by atoms with Crippen LogP contribution in [-0.4, -0.2) is 12.1 Å². The average Bonchev–Trinajstić information content (AvgIpc) is 2.03. The van der Waals surface area contributed by atoms with Crippen LogP contribution >= 0.6 is 0 Å². The molecule has 1 aliphatic rings. The molecule has 1 aliphatic carbocycles. The molecule has 1 fully saturated rings. The van der Waals surface area contributed by atoms with Gasteiger partial charge in [-0.2, -0.15) is 0 Å². The zero-order chi connectivity index (χ0) is 9.84. The van der Waals surface area contributed by atoms with E-state index in [4.69, 9.17) is 0 Å². The van der Waals surface area contributed by atoms with Crippen LogP contribution in [0.4, 0.5) is 0 Å². The molecule has 1 rings (SSSR count). The molecule has 0 aromatic rings. The first kappa shape index (κ1) is 11.0. The van der Waals surface area contributed by atoms with E-state index in [-0.39, 0.29) is 0 Å². The van der Waals surface area contributed by atoms with Gasteiger partial charge in [-0.15, -0.1) is 0 Å². The summed E-state index contributed by atoms with van der Waals surface area (Å²) in [7, 11) is 0. The minimum absolute atomic E-state index is 0.649. The topological polar surface area (TPSA) is 12.0 Å². The van der Waals surface area contributed by atoms with E-state index in [2.05, 4.69) is 33.0 Å². The molecule has 0 unspecified atom stereocenters. The third-order valence-electron chi connectivity index (χ3n) is 3.23. The standard InChI is InChI=1S/C12H25N/c1-9(2)11-6-5-7-12(8-11)13-10(3)4/h9-13H,5-8H2,1-4H3/t11-,12+/m0/s1. The summed E-state index contributed by atoms with van der Waals surface area (Å²) in [6.07, 6.45) is 5.67. The van der Waals surface area contributed by atoms with Crippen LogP contribution in [0.25, 0.3) is 0 Å². The summed E-state index contributed by atoms with van der Waals surface area (Å²) in [6.45, 7) is 9.23. The van der Waals surface area contributed by atoms with E-state index in [1.807, 2.05) is 0 Å². The highest BCUT2D eigenvalue weighted by Gasteiger charge is 2.23. The highest BCUT2D eigenvalue weighted by atomic mass is 14.9. The quantitative estimate of drug-likeness (QED) is 0.708. The van der Waals surface area contributed by atoms with Gasteiger partial charge in [-0.1, -0.05) is 40.5 Å². The largest absolute Gasteiger partial charge is 0.312 e. The Bertz CT molecular complexity index is 140. The second kappa shape index (κ2) is 4.99. The summed E-state index contributed by atoms with van der Waals surface area (Å²) in [4.78, 5) is 0. The first-order chi connectivity index (χ1) is 6.09. The lowest BCUT2D eigenvalue weighted by Gasteiger charge is -2.33. The van der Waals surface area contributed by atoms with Gasteiger partial charge >= 0.3 is 0 Å². The summed E-state index contributed by atoms with van der Waals surface area (Å²) in [5.41, 5.74) is 0. The average molecular weight is 183 g/mol. The van der Waals surface area contributed by atoms with Crippen molar-refractivity contribution in [2.75, 3.05) is 0 Å². The number of hydrogen-bond acceptors (Lipinski definition) is 1. The molecule has 0 heterocycles. The van der Waals surface area contributed by atoms with Crippen molar-refractivity contribution >= 4 is 0 Å². The van der Waals surface area contributed by atoms with Crippen LogP contribution in [-0.2, 0) is 0 Å². The van der Waals surface area contributed by atoms with Crippen molar-refractivity contribution in [3.8, 4) is 0 Å². The fourth-order valence-corrected chi connectivity index (χ4v) is 2.46. The smallest absolute Gasteiger partial charge is 0.00721 e. The lowest BCUT2D eigenvalue weighted by Crippen LogP contribution is -2.39. The molecule has 2 atom stereocenters. The lowest BCUT2D eigenvalue weighted by atomic mass is 9.79. The molecule has 0 radical (unpaired) electrons. The first-order valence-electron chi connectivity index (χ1n) is 5.85. The summed E-state index contributed by atoms with van der Waals surface area (Å²) in [6, 6.07) is 1.44. The predicted octanol–water partition coefficient (Wildman–Crippen LogP) is 3.20. The van der Waals surface area contributed by atoms with Crippen LogP contribution in [0.15, 0.2) is 0 Å². The molecular weight excluding hydrogens is 158 g/mol. The molecule has 0 spiro atoms. The number of rotatable bonds is 3.